The molecular formula is C14H20N2O5S. The molecule has 122 valence electrons. The molecular weight excluding hydrogens is 308 g/mol. The number of nitrogens with one attached hydrogen (secondary N) is 1. The molecule has 0 unspecified atom stereocenters. The maximum atomic E-state index is 12.2. The Labute approximate surface area is 129 Å². The van der Waals surface area contributed by atoms with Crippen molar-refractivity contribution in [3.8, 4) is 0 Å². The summed E-state index contributed by atoms with van der Waals surface area (Å²) in [6, 6.07) is 3.34. The molecule has 3 heterocycles. The number of nitrogens with zero attached hydrogens (tertiary/aromatic N) is 1. The number of hydrogen-bond donors (Lipinski definition) is 1. The van der Waals surface area contributed by atoms with Gasteiger partial charge in [0.2, 0.25) is 10.0 Å². The zero-order chi connectivity index (χ0) is 15.8. The topological polar surface area (TPSA) is 88.9 Å². The van der Waals surface area contributed by atoms with E-state index in [0.29, 0.717) is 32.0 Å². The first kappa shape index (κ1) is 15.5. The van der Waals surface area contributed by atoms with Crippen molar-refractivity contribution in [3.05, 3.63) is 24.2 Å². The van der Waals surface area contributed by atoms with Crippen LogP contribution >= 0.6 is 0 Å². The second kappa shape index (κ2) is 5.68. The van der Waals surface area contributed by atoms with E-state index in [1.165, 1.54) is 6.26 Å². The Morgan fingerprint density at radius 2 is 2.27 bits per heavy atom. The van der Waals surface area contributed by atoms with Crippen molar-refractivity contribution in [3.63, 3.8) is 0 Å². The van der Waals surface area contributed by atoms with E-state index >= 15 is 0 Å². The number of amides is 1. The van der Waals surface area contributed by atoms with Gasteiger partial charge < -0.3 is 14.1 Å². The first-order valence-electron chi connectivity index (χ1n) is 7.31. The smallest absolute Gasteiger partial charge is 0.289 e. The zero-order valence-corrected chi connectivity index (χ0v) is 13.3. The minimum atomic E-state index is -3.16. The number of carbonyl (C=O) groups excluding carboxylic acids is 1. The van der Waals surface area contributed by atoms with Crippen molar-refractivity contribution in [1.82, 2.24) is 9.62 Å². The highest BCUT2D eigenvalue weighted by Gasteiger charge is 2.54. The van der Waals surface area contributed by atoms with Gasteiger partial charge in [-0.15, -0.1) is 0 Å². The van der Waals surface area contributed by atoms with Crippen LogP contribution in [0.2, 0.25) is 0 Å². The SMILES string of the molecule is CS(=O)(=O)NCC[C@H]1CCOC12CN(C(=O)c1ccco1)C2. The van der Waals surface area contributed by atoms with E-state index in [1.807, 2.05) is 0 Å². The fourth-order valence-corrected chi connectivity index (χ4v) is 3.75. The molecule has 1 N–H and O–H groups in total. The van der Waals surface area contributed by atoms with Gasteiger partial charge in [0.15, 0.2) is 5.76 Å². The van der Waals surface area contributed by atoms with Gasteiger partial charge in [-0.3, -0.25) is 4.79 Å². The fraction of sp³-hybridized carbons (Fsp3) is 0.643. The van der Waals surface area contributed by atoms with Gasteiger partial charge in [-0.1, -0.05) is 0 Å². The van der Waals surface area contributed by atoms with Crippen LogP contribution in [0.5, 0.6) is 0 Å². The molecule has 0 saturated carbocycles. The summed E-state index contributed by atoms with van der Waals surface area (Å²) in [5.74, 6) is 0.477. The predicted molar refractivity (Wildman–Crippen MR) is 78.9 cm³/mol. The average molecular weight is 328 g/mol. The molecule has 0 radical (unpaired) electrons. The molecule has 8 heteroatoms. The van der Waals surface area contributed by atoms with E-state index in [-0.39, 0.29) is 17.4 Å². The van der Waals surface area contributed by atoms with Gasteiger partial charge in [-0.2, -0.15) is 0 Å². The molecule has 1 atom stereocenters. The predicted octanol–water partition coefficient (Wildman–Crippen LogP) is 0.450. The molecule has 1 spiro atoms. The first-order chi connectivity index (χ1) is 10.4. The van der Waals surface area contributed by atoms with Crippen LogP contribution in [0.3, 0.4) is 0 Å². The number of ether oxygens (including phenoxy) is 1. The van der Waals surface area contributed by atoms with Crippen molar-refractivity contribution in [2.24, 2.45) is 5.92 Å². The van der Waals surface area contributed by atoms with E-state index < -0.39 is 10.0 Å². The van der Waals surface area contributed by atoms with Gasteiger partial charge in [0.1, 0.15) is 5.60 Å². The Balaban J connectivity index is 1.55. The third kappa shape index (κ3) is 3.04. The zero-order valence-electron chi connectivity index (χ0n) is 12.4. The molecule has 1 aromatic rings. The van der Waals surface area contributed by atoms with Crippen LogP contribution in [-0.2, 0) is 14.8 Å². The Kier molecular flexibility index (Phi) is 4.00. The second-order valence-corrected chi connectivity index (χ2v) is 7.83. The highest BCUT2D eigenvalue weighted by Crippen LogP contribution is 2.42. The molecule has 0 aliphatic carbocycles. The third-order valence-electron chi connectivity index (χ3n) is 4.39. The van der Waals surface area contributed by atoms with E-state index in [2.05, 4.69) is 4.72 Å². The summed E-state index contributed by atoms with van der Waals surface area (Å²) in [5, 5.41) is 0. The van der Waals surface area contributed by atoms with Crippen LogP contribution in [-0.4, -0.2) is 57.3 Å². The summed E-state index contributed by atoms with van der Waals surface area (Å²) in [4.78, 5) is 13.9. The summed E-state index contributed by atoms with van der Waals surface area (Å²) in [6.07, 6.45) is 4.25. The molecule has 3 rings (SSSR count). The standard InChI is InChI=1S/C14H20N2O5S/c1-22(18,19)15-6-4-11-5-8-21-14(11)9-16(10-14)13(17)12-3-2-7-20-12/h2-3,7,11,15H,4-6,8-10H2,1H3/t11-/m0/s1. The Morgan fingerprint density at radius 3 is 2.91 bits per heavy atom. The normalized spacial score (nSPS) is 23.7. The van der Waals surface area contributed by atoms with Crippen LogP contribution in [0.25, 0.3) is 0 Å². The highest BCUT2D eigenvalue weighted by molar-refractivity contribution is 7.88. The average Bonchev–Trinajstić information content (AvgIpc) is 3.03. The fourth-order valence-electron chi connectivity index (χ4n) is 3.26. The summed E-state index contributed by atoms with van der Waals surface area (Å²) in [5.41, 5.74) is -0.318. The minimum absolute atomic E-state index is 0.126. The van der Waals surface area contributed by atoms with Gasteiger partial charge >= 0.3 is 0 Å². The minimum Gasteiger partial charge on any atom is -0.459 e. The highest BCUT2D eigenvalue weighted by atomic mass is 32.2. The molecule has 2 fully saturated rings. The summed E-state index contributed by atoms with van der Waals surface area (Å²) < 4.78 is 35.7. The number of carbonyl (C=O) groups is 1. The molecule has 2 aliphatic heterocycles. The van der Waals surface area contributed by atoms with Crippen molar-refractivity contribution >= 4 is 15.9 Å². The number of hydrogen-bond acceptors (Lipinski definition) is 5. The number of likely N-dealkylation sites (tertiary alicyclic amines) is 1. The van der Waals surface area contributed by atoms with E-state index in [1.54, 1.807) is 17.0 Å². The maximum absolute atomic E-state index is 12.2. The van der Waals surface area contributed by atoms with Gasteiger partial charge in [0, 0.05) is 13.2 Å². The van der Waals surface area contributed by atoms with Crippen LogP contribution in [0, 0.1) is 5.92 Å². The Hall–Kier alpha value is -1.38. The molecule has 22 heavy (non-hydrogen) atoms. The van der Waals surface area contributed by atoms with Gasteiger partial charge in [-0.25, -0.2) is 13.1 Å². The van der Waals surface area contributed by atoms with Crippen molar-refractivity contribution in [1.29, 1.82) is 0 Å². The largest absolute Gasteiger partial charge is 0.459 e. The molecule has 0 aromatic carbocycles. The summed E-state index contributed by atoms with van der Waals surface area (Å²) >= 11 is 0. The second-order valence-electron chi connectivity index (χ2n) is 5.99. The van der Waals surface area contributed by atoms with E-state index in [9.17, 15) is 13.2 Å². The molecule has 2 aliphatic rings. The third-order valence-corrected chi connectivity index (χ3v) is 5.12. The molecule has 7 nitrogen and oxygen atoms in total. The first-order valence-corrected chi connectivity index (χ1v) is 9.20. The van der Waals surface area contributed by atoms with Gasteiger partial charge in [0.05, 0.1) is 25.6 Å². The van der Waals surface area contributed by atoms with Gasteiger partial charge in [0.25, 0.3) is 5.91 Å². The van der Waals surface area contributed by atoms with Crippen LogP contribution < -0.4 is 4.72 Å². The molecule has 1 amide bonds. The van der Waals surface area contributed by atoms with Crippen molar-refractivity contribution in [2.45, 2.75) is 18.4 Å². The summed E-state index contributed by atoms with van der Waals surface area (Å²) in [7, 11) is -3.16. The maximum Gasteiger partial charge on any atom is 0.289 e. The molecule has 1 aromatic heterocycles. The number of furan rings is 1. The molecule has 0 bridgehead atoms. The lowest BCUT2D eigenvalue weighted by atomic mass is 9.79. The van der Waals surface area contributed by atoms with Gasteiger partial charge in [-0.05, 0) is 30.9 Å². The monoisotopic (exact) mass is 328 g/mol. The van der Waals surface area contributed by atoms with E-state index in [0.717, 1.165) is 19.1 Å². The van der Waals surface area contributed by atoms with Crippen LogP contribution in [0.15, 0.2) is 22.8 Å². The number of rotatable bonds is 5. The number of sulfonamides is 1. The lowest BCUT2D eigenvalue weighted by molar-refractivity contribution is -0.118. The lowest BCUT2D eigenvalue weighted by Gasteiger charge is -2.50. The van der Waals surface area contributed by atoms with Crippen LogP contribution in [0.1, 0.15) is 23.4 Å². The Morgan fingerprint density at radius 1 is 1.50 bits per heavy atom. The van der Waals surface area contributed by atoms with E-state index in [4.69, 9.17) is 9.15 Å². The van der Waals surface area contributed by atoms with Crippen molar-refractivity contribution in [2.75, 3.05) is 32.5 Å². The summed E-state index contributed by atoms with van der Waals surface area (Å²) in [6.45, 7) is 2.14. The Bertz CT molecular complexity index is 634. The quantitative estimate of drug-likeness (QED) is 0.848. The lowest BCUT2D eigenvalue weighted by Crippen LogP contribution is -2.66. The van der Waals surface area contributed by atoms with Crippen molar-refractivity contribution < 1.29 is 22.4 Å². The van der Waals surface area contributed by atoms with Crippen LogP contribution in [0.4, 0.5) is 0 Å². The molecule has 2 saturated heterocycles.